The van der Waals surface area contributed by atoms with Crippen LogP contribution >= 0.6 is 11.3 Å². The summed E-state index contributed by atoms with van der Waals surface area (Å²) >= 11 is 1.51. The normalized spacial score (nSPS) is 19.5. The largest absolute Gasteiger partial charge is 0.353 e. The fourth-order valence-corrected chi connectivity index (χ4v) is 2.93. The first-order valence-corrected chi connectivity index (χ1v) is 6.97. The molecule has 0 spiro atoms. The van der Waals surface area contributed by atoms with Crippen molar-refractivity contribution in [3.05, 3.63) is 29.3 Å². The number of carbonyl (C=O) groups excluding carboxylic acids is 2. The van der Waals surface area contributed by atoms with E-state index in [1.54, 1.807) is 23.4 Å². The van der Waals surface area contributed by atoms with Crippen molar-refractivity contribution >= 4 is 33.4 Å². The first-order chi connectivity index (χ1) is 9.16. The highest BCUT2D eigenvalue weighted by Gasteiger charge is 2.29. The van der Waals surface area contributed by atoms with Crippen molar-refractivity contribution < 1.29 is 9.59 Å². The number of amides is 2. The van der Waals surface area contributed by atoms with Gasteiger partial charge in [0.25, 0.3) is 5.91 Å². The van der Waals surface area contributed by atoms with Gasteiger partial charge < -0.3 is 10.2 Å². The van der Waals surface area contributed by atoms with Crippen LogP contribution in [0.4, 0.5) is 0 Å². The van der Waals surface area contributed by atoms with Crippen molar-refractivity contribution in [1.82, 2.24) is 15.2 Å². The van der Waals surface area contributed by atoms with Gasteiger partial charge in [-0.05, 0) is 25.1 Å². The molecule has 1 fully saturated rings. The Kier molecular flexibility index (Phi) is 2.94. The number of nitrogens with zero attached hydrogens (tertiary/aromatic N) is 2. The summed E-state index contributed by atoms with van der Waals surface area (Å²) in [6.45, 7) is 2.81. The average Bonchev–Trinajstić information content (AvgIpc) is 2.88. The molecule has 1 aliphatic heterocycles. The minimum absolute atomic E-state index is 0.0986. The molecule has 1 aliphatic rings. The van der Waals surface area contributed by atoms with Crippen LogP contribution < -0.4 is 5.32 Å². The van der Waals surface area contributed by atoms with Crippen molar-refractivity contribution in [2.45, 2.75) is 13.0 Å². The number of thiazole rings is 1. The van der Waals surface area contributed by atoms with Crippen LogP contribution in [0, 0.1) is 0 Å². The van der Waals surface area contributed by atoms with E-state index >= 15 is 0 Å². The van der Waals surface area contributed by atoms with E-state index in [2.05, 4.69) is 10.3 Å². The van der Waals surface area contributed by atoms with Gasteiger partial charge in [-0.15, -0.1) is 11.3 Å². The number of benzene rings is 1. The quantitative estimate of drug-likeness (QED) is 0.852. The highest BCUT2D eigenvalue weighted by atomic mass is 32.1. The van der Waals surface area contributed by atoms with Gasteiger partial charge in [0.2, 0.25) is 5.91 Å². The van der Waals surface area contributed by atoms with E-state index in [4.69, 9.17) is 0 Å². The Labute approximate surface area is 114 Å². The Morgan fingerprint density at radius 3 is 3.21 bits per heavy atom. The number of hydrogen-bond acceptors (Lipinski definition) is 4. The molecule has 1 N–H and O–H groups in total. The minimum atomic E-state index is -0.418. The second kappa shape index (κ2) is 4.62. The lowest BCUT2D eigenvalue weighted by molar-refractivity contribution is -0.127. The van der Waals surface area contributed by atoms with E-state index in [1.807, 2.05) is 12.1 Å². The maximum absolute atomic E-state index is 12.5. The molecule has 1 aromatic heterocycles. The van der Waals surface area contributed by atoms with E-state index < -0.39 is 6.04 Å². The first kappa shape index (κ1) is 12.1. The molecule has 19 heavy (non-hydrogen) atoms. The fraction of sp³-hybridized carbons (Fsp3) is 0.308. The van der Waals surface area contributed by atoms with Crippen molar-refractivity contribution in [1.29, 1.82) is 0 Å². The van der Waals surface area contributed by atoms with Gasteiger partial charge in [0.05, 0.1) is 15.7 Å². The summed E-state index contributed by atoms with van der Waals surface area (Å²) in [7, 11) is 0. The molecule has 1 unspecified atom stereocenters. The van der Waals surface area contributed by atoms with E-state index in [1.165, 1.54) is 11.3 Å². The van der Waals surface area contributed by atoms with E-state index in [-0.39, 0.29) is 11.8 Å². The third kappa shape index (κ3) is 2.08. The summed E-state index contributed by atoms with van der Waals surface area (Å²) < 4.78 is 0.986. The molecule has 1 aromatic carbocycles. The Hall–Kier alpha value is -1.95. The molecule has 0 radical (unpaired) electrons. The molecule has 3 rings (SSSR count). The SMILES string of the molecule is CC1C(=O)NCCN1C(=O)c1ccc2ncsc2c1. The highest BCUT2D eigenvalue weighted by Crippen LogP contribution is 2.20. The molecule has 2 heterocycles. The Bertz CT molecular complexity index is 652. The number of hydrogen-bond donors (Lipinski definition) is 1. The van der Waals surface area contributed by atoms with Crippen molar-refractivity contribution in [3.63, 3.8) is 0 Å². The molecular weight excluding hydrogens is 262 g/mol. The van der Waals surface area contributed by atoms with E-state index in [0.29, 0.717) is 18.7 Å². The first-order valence-electron chi connectivity index (χ1n) is 6.09. The standard InChI is InChI=1S/C13H13N3O2S/c1-8-12(17)14-4-5-16(8)13(18)9-2-3-10-11(6-9)19-7-15-10/h2-3,6-8H,4-5H2,1H3,(H,14,17). The number of aromatic nitrogens is 1. The second-order valence-corrected chi connectivity index (χ2v) is 5.39. The van der Waals surface area contributed by atoms with Gasteiger partial charge >= 0.3 is 0 Å². The van der Waals surface area contributed by atoms with Crippen LogP contribution in [0.25, 0.3) is 10.2 Å². The zero-order chi connectivity index (χ0) is 13.4. The lowest BCUT2D eigenvalue weighted by atomic mass is 10.1. The maximum atomic E-state index is 12.5. The lowest BCUT2D eigenvalue weighted by Gasteiger charge is -2.32. The summed E-state index contributed by atoms with van der Waals surface area (Å²) in [6.07, 6.45) is 0. The van der Waals surface area contributed by atoms with E-state index in [0.717, 1.165) is 10.2 Å². The summed E-state index contributed by atoms with van der Waals surface area (Å²) in [6, 6.07) is 5.03. The number of carbonyl (C=O) groups is 2. The predicted molar refractivity (Wildman–Crippen MR) is 73.1 cm³/mol. The van der Waals surface area contributed by atoms with Gasteiger partial charge in [-0.2, -0.15) is 0 Å². The molecule has 6 heteroatoms. The summed E-state index contributed by atoms with van der Waals surface area (Å²) in [5, 5.41) is 2.75. The molecular formula is C13H13N3O2S. The topological polar surface area (TPSA) is 62.3 Å². The Balaban J connectivity index is 1.92. The van der Waals surface area contributed by atoms with Crippen molar-refractivity contribution in [2.24, 2.45) is 0 Å². The van der Waals surface area contributed by atoms with E-state index in [9.17, 15) is 9.59 Å². The van der Waals surface area contributed by atoms with Crippen LogP contribution in [0.3, 0.4) is 0 Å². The van der Waals surface area contributed by atoms with Gasteiger partial charge in [-0.25, -0.2) is 4.98 Å². The van der Waals surface area contributed by atoms with Gasteiger partial charge in [-0.1, -0.05) is 0 Å². The average molecular weight is 275 g/mol. The minimum Gasteiger partial charge on any atom is -0.353 e. The maximum Gasteiger partial charge on any atom is 0.254 e. The van der Waals surface area contributed by atoms with Gasteiger partial charge in [-0.3, -0.25) is 9.59 Å². The third-order valence-corrected chi connectivity index (χ3v) is 4.13. The molecule has 0 bridgehead atoms. The van der Waals surface area contributed by atoms with Crippen LogP contribution in [-0.2, 0) is 4.79 Å². The smallest absolute Gasteiger partial charge is 0.254 e. The molecule has 2 amide bonds. The number of fused-ring (bicyclic) bond motifs is 1. The predicted octanol–water partition coefficient (Wildman–Crippen LogP) is 1.26. The van der Waals surface area contributed by atoms with Crippen LogP contribution in [0.1, 0.15) is 17.3 Å². The fourth-order valence-electron chi connectivity index (χ4n) is 2.21. The molecule has 0 aliphatic carbocycles. The molecule has 5 nitrogen and oxygen atoms in total. The summed E-state index contributed by atoms with van der Waals surface area (Å²) in [5.74, 6) is -0.198. The van der Waals surface area contributed by atoms with Crippen LogP contribution in [0.2, 0.25) is 0 Å². The van der Waals surface area contributed by atoms with Gasteiger partial charge in [0.15, 0.2) is 0 Å². The van der Waals surface area contributed by atoms with Crippen molar-refractivity contribution in [3.8, 4) is 0 Å². The Morgan fingerprint density at radius 2 is 2.37 bits per heavy atom. The molecule has 2 aromatic rings. The zero-order valence-corrected chi connectivity index (χ0v) is 11.2. The molecule has 0 saturated carbocycles. The number of piperazine rings is 1. The van der Waals surface area contributed by atoms with Crippen molar-refractivity contribution in [2.75, 3.05) is 13.1 Å². The number of rotatable bonds is 1. The van der Waals surface area contributed by atoms with Crippen LogP contribution in [0.5, 0.6) is 0 Å². The molecule has 98 valence electrons. The summed E-state index contributed by atoms with van der Waals surface area (Å²) in [4.78, 5) is 29.9. The monoisotopic (exact) mass is 275 g/mol. The summed E-state index contributed by atoms with van der Waals surface area (Å²) in [5.41, 5.74) is 3.26. The second-order valence-electron chi connectivity index (χ2n) is 4.50. The van der Waals surface area contributed by atoms with Gasteiger partial charge in [0, 0.05) is 18.7 Å². The Morgan fingerprint density at radius 1 is 1.53 bits per heavy atom. The van der Waals surface area contributed by atoms with Crippen LogP contribution in [0.15, 0.2) is 23.7 Å². The molecule has 1 saturated heterocycles. The third-order valence-electron chi connectivity index (χ3n) is 3.34. The lowest BCUT2D eigenvalue weighted by Crippen LogP contribution is -2.55. The van der Waals surface area contributed by atoms with Gasteiger partial charge in [0.1, 0.15) is 6.04 Å². The number of nitrogens with one attached hydrogen (secondary N) is 1. The highest BCUT2D eigenvalue weighted by molar-refractivity contribution is 7.16. The zero-order valence-electron chi connectivity index (χ0n) is 10.4. The molecule has 1 atom stereocenters. The van der Waals surface area contributed by atoms with Crippen LogP contribution in [-0.4, -0.2) is 40.8 Å².